The molecular formula is C15H26N2O9. The lowest BCUT2D eigenvalue weighted by atomic mass is 9.96. The van der Waals surface area contributed by atoms with Crippen LogP contribution in [-0.2, 0) is 23.9 Å². The highest BCUT2D eigenvalue weighted by atomic mass is 16.5. The molecule has 0 spiro atoms. The Kier molecular flexibility index (Phi) is 9.18. The van der Waals surface area contributed by atoms with Gasteiger partial charge in [-0.15, -0.1) is 0 Å². The highest BCUT2D eigenvalue weighted by Crippen LogP contribution is 2.15. The van der Waals surface area contributed by atoms with Gasteiger partial charge in [0.2, 0.25) is 5.91 Å². The van der Waals surface area contributed by atoms with E-state index < -0.39 is 36.4 Å². The Morgan fingerprint density at radius 2 is 1.58 bits per heavy atom. The normalized spacial score (nSPS) is 17.5. The Morgan fingerprint density at radius 3 is 1.92 bits per heavy atom. The van der Waals surface area contributed by atoms with Crippen LogP contribution in [0.5, 0.6) is 0 Å². The molecule has 1 amide bonds. The molecule has 0 aromatic carbocycles. The number of carboxylic acid groups (broad SMARTS) is 3. The lowest BCUT2D eigenvalue weighted by Gasteiger charge is -2.27. The maximum absolute atomic E-state index is 11.3. The summed E-state index contributed by atoms with van der Waals surface area (Å²) in [6.45, 7) is 7.92. The molecule has 0 aromatic heterocycles. The molecule has 11 nitrogen and oxygen atoms in total. The van der Waals surface area contributed by atoms with E-state index in [1.165, 1.54) is 0 Å². The van der Waals surface area contributed by atoms with Crippen molar-refractivity contribution in [3.05, 3.63) is 0 Å². The van der Waals surface area contributed by atoms with Crippen LogP contribution in [0.2, 0.25) is 0 Å². The number of carboxylic acids is 3. The van der Waals surface area contributed by atoms with Crippen molar-refractivity contribution >= 4 is 23.8 Å². The highest BCUT2D eigenvalue weighted by molar-refractivity contribution is 5.88. The molecule has 26 heavy (non-hydrogen) atoms. The van der Waals surface area contributed by atoms with Gasteiger partial charge in [0.15, 0.2) is 5.60 Å². The second-order valence-electron chi connectivity index (χ2n) is 6.70. The minimum atomic E-state index is -2.74. The Hall–Kier alpha value is -2.24. The molecule has 1 heterocycles. The van der Waals surface area contributed by atoms with Crippen molar-refractivity contribution in [1.82, 2.24) is 10.6 Å². The maximum atomic E-state index is 11.3. The van der Waals surface area contributed by atoms with E-state index in [1.807, 2.05) is 20.8 Å². The fraction of sp³-hybridized carbons (Fsp3) is 0.733. The van der Waals surface area contributed by atoms with Crippen LogP contribution in [0, 0.1) is 0 Å². The molecule has 1 aliphatic rings. The summed E-state index contributed by atoms with van der Waals surface area (Å²) in [6.07, 6.45) is -2.29. The van der Waals surface area contributed by atoms with Crippen LogP contribution in [0.25, 0.3) is 0 Å². The Balaban J connectivity index is 0.000000481. The van der Waals surface area contributed by atoms with E-state index in [0.717, 1.165) is 6.54 Å². The van der Waals surface area contributed by atoms with Crippen LogP contribution in [-0.4, -0.2) is 81.2 Å². The van der Waals surface area contributed by atoms with Crippen LogP contribution in [0.3, 0.4) is 0 Å². The first-order valence-corrected chi connectivity index (χ1v) is 7.81. The highest BCUT2D eigenvalue weighted by Gasteiger charge is 2.40. The standard InChI is InChI=1S/C9H18N2O2.C6H8O7/c1-9(2,3)13-6-7-8(12)11-5-4-10-7;7-3(8)1-6(13,5(11)12)2-4(9)10/h7,10H,4-6H2,1-3H3,(H,11,12);13H,1-2H2,(H,7,8)(H,9,10)(H,11,12). The molecule has 1 fully saturated rings. The van der Waals surface area contributed by atoms with E-state index in [1.54, 1.807) is 0 Å². The van der Waals surface area contributed by atoms with Crippen LogP contribution >= 0.6 is 0 Å². The zero-order valence-electron chi connectivity index (χ0n) is 14.9. The summed E-state index contributed by atoms with van der Waals surface area (Å²) < 4.78 is 5.52. The van der Waals surface area contributed by atoms with Gasteiger partial charge < -0.3 is 35.8 Å². The predicted molar refractivity (Wildman–Crippen MR) is 87.6 cm³/mol. The summed E-state index contributed by atoms with van der Waals surface area (Å²) in [4.78, 5) is 41.7. The van der Waals surface area contributed by atoms with E-state index in [4.69, 9.17) is 25.2 Å². The molecule has 1 atom stereocenters. The van der Waals surface area contributed by atoms with Gasteiger partial charge in [0.1, 0.15) is 6.04 Å². The second-order valence-corrected chi connectivity index (χ2v) is 6.70. The summed E-state index contributed by atoms with van der Waals surface area (Å²) in [7, 11) is 0. The summed E-state index contributed by atoms with van der Waals surface area (Å²) in [5, 5.41) is 39.7. The number of hydrogen-bond donors (Lipinski definition) is 6. The third kappa shape index (κ3) is 9.91. The molecule has 1 rings (SSSR count). The number of nitrogens with one attached hydrogen (secondary N) is 2. The first-order chi connectivity index (χ1) is 11.8. The number of amides is 1. The molecule has 1 aliphatic heterocycles. The van der Waals surface area contributed by atoms with Crippen molar-refractivity contribution in [3.8, 4) is 0 Å². The average molecular weight is 378 g/mol. The van der Waals surface area contributed by atoms with Gasteiger partial charge >= 0.3 is 17.9 Å². The van der Waals surface area contributed by atoms with E-state index in [0.29, 0.717) is 13.2 Å². The average Bonchev–Trinajstić information content (AvgIpc) is 2.44. The van der Waals surface area contributed by atoms with E-state index >= 15 is 0 Å². The number of aliphatic hydroxyl groups is 1. The van der Waals surface area contributed by atoms with Crippen LogP contribution in [0.4, 0.5) is 0 Å². The van der Waals surface area contributed by atoms with Gasteiger partial charge in [0, 0.05) is 13.1 Å². The quantitative estimate of drug-likeness (QED) is 0.309. The Bertz CT molecular complexity index is 512. The van der Waals surface area contributed by atoms with Gasteiger partial charge in [-0.25, -0.2) is 4.79 Å². The molecule has 0 bridgehead atoms. The van der Waals surface area contributed by atoms with Gasteiger partial charge in [-0.3, -0.25) is 14.4 Å². The van der Waals surface area contributed by atoms with Crippen LogP contribution in [0.1, 0.15) is 33.6 Å². The number of hydrogen-bond acceptors (Lipinski definition) is 7. The predicted octanol–water partition coefficient (Wildman–Crippen LogP) is -1.36. The molecule has 0 aliphatic carbocycles. The number of piperazine rings is 1. The Labute approximate surface area is 150 Å². The topological polar surface area (TPSA) is 182 Å². The van der Waals surface area contributed by atoms with Crippen molar-refractivity contribution < 1.29 is 44.3 Å². The zero-order valence-corrected chi connectivity index (χ0v) is 14.9. The van der Waals surface area contributed by atoms with Gasteiger partial charge in [0.25, 0.3) is 0 Å². The summed E-state index contributed by atoms with van der Waals surface area (Å²) in [6, 6.07) is -0.187. The van der Waals surface area contributed by atoms with E-state index in [9.17, 15) is 19.2 Å². The lowest BCUT2D eigenvalue weighted by Crippen LogP contribution is -2.55. The fourth-order valence-electron chi connectivity index (χ4n) is 1.83. The van der Waals surface area contributed by atoms with Gasteiger partial charge in [-0.1, -0.05) is 0 Å². The number of rotatable bonds is 7. The number of carbonyl (C=O) groups is 4. The summed E-state index contributed by atoms with van der Waals surface area (Å²) in [5.74, 6) is -4.98. The fourth-order valence-corrected chi connectivity index (χ4v) is 1.83. The number of carbonyl (C=O) groups excluding carboxylic acids is 1. The molecule has 0 saturated carbocycles. The van der Waals surface area contributed by atoms with Crippen molar-refractivity contribution in [3.63, 3.8) is 0 Å². The smallest absolute Gasteiger partial charge is 0.336 e. The lowest BCUT2D eigenvalue weighted by molar-refractivity contribution is -0.170. The first kappa shape index (κ1) is 23.8. The molecular weight excluding hydrogens is 352 g/mol. The van der Waals surface area contributed by atoms with Crippen molar-refractivity contribution in [1.29, 1.82) is 0 Å². The van der Waals surface area contributed by atoms with E-state index in [-0.39, 0.29) is 17.6 Å². The van der Waals surface area contributed by atoms with Gasteiger partial charge in [-0.2, -0.15) is 0 Å². The maximum Gasteiger partial charge on any atom is 0.336 e. The van der Waals surface area contributed by atoms with Gasteiger partial charge in [0.05, 0.1) is 25.0 Å². The summed E-state index contributed by atoms with van der Waals surface area (Å²) in [5.41, 5.74) is -2.92. The zero-order chi connectivity index (χ0) is 20.5. The third-order valence-electron chi connectivity index (χ3n) is 3.10. The number of ether oxygens (including phenoxy) is 1. The largest absolute Gasteiger partial charge is 0.481 e. The minimum absolute atomic E-state index is 0.0375. The van der Waals surface area contributed by atoms with Crippen molar-refractivity contribution in [2.45, 2.75) is 50.9 Å². The summed E-state index contributed by atoms with van der Waals surface area (Å²) >= 11 is 0. The van der Waals surface area contributed by atoms with Crippen LogP contribution < -0.4 is 10.6 Å². The van der Waals surface area contributed by atoms with E-state index in [2.05, 4.69) is 10.6 Å². The second kappa shape index (κ2) is 10.0. The molecule has 150 valence electrons. The van der Waals surface area contributed by atoms with Crippen molar-refractivity contribution in [2.75, 3.05) is 19.7 Å². The monoisotopic (exact) mass is 378 g/mol. The van der Waals surface area contributed by atoms with Gasteiger partial charge in [-0.05, 0) is 20.8 Å². The number of aliphatic carboxylic acids is 3. The first-order valence-electron chi connectivity index (χ1n) is 7.81. The molecule has 6 N–H and O–H groups in total. The molecule has 0 aromatic rings. The molecule has 0 radical (unpaired) electrons. The molecule has 11 heteroatoms. The molecule has 1 unspecified atom stereocenters. The van der Waals surface area contributed by atoms with Crippen molar-refractivity contribution in [2.24, 2.45) is 0 Å². The van der Waals surface area contributed by atoms with Crippen LogP contribution in [0.15, 0.2) is 0 Å². The minimum Gasteiger partial charge on any atom is -0.481 e. The Morgan fingerprint density at radius 1 is 1.08 bits per heavy atom. The third-order valence-corrected chi connectivity index (χ3v) is 3.10. The SMILES string of the molecule is CC(C)(C)OCC1NCCNC1=O.O=C(O)CC(O)(CC(=O)O)C(=O)O. The molecule has 1 saturated heterocycles.